The predicted octanol–water partition coefficient (Wildman–Crippen LogP) is 4.26. The van der Waals surface area contributed by atoms with Crippen LogP contribution in [0, 0.1) is 5.92 Å². The fourth-order valence-corrected chi connectivity index (χ4v) is 2.76. The molecule has 0 radical (unpaired) electrons. The Kier molecular flexibility index (Phi) is 4.61. The first-order valence-corrected chi connectivity index (χ1v) is 6.29. The summed E-state index contributed by atoms with van der Waals surface area (Å²) in [5.74, 6) is 0.628. The fraction of sp³-hybridized carbons (Fsp3) is 0.455. The monoisotopic (exact) mass is 319 g/mol. The minimum Gasteiger partial charge on any atom is -0.324 e. The van der Waals surface area contributed by atoms with Crippen LogP contribution in [0.2, 0.25) is 0 Å². The molecule has 1 aromatic rings. The van der Waals surface area contributed by atoms with Crippen molar-refractivity contribution in [3.05, 3.63) is 32.7 Å². The van der Waals surface area contributed by atoms with E-state index in [0.717, 1.165) is 15.4 Å². The topological polar surface area (TPSA) is 26.0 Å². The maximum Gasteiger partial charge on any atom is 0.0298 e. The van der Waals surface area contributed by atoms with Gasteiger partial charge in [0.05, 0.1) is 0 Å². The van der Waals surface area contributed by atoms with Crippen LogP contribution in [0.1, 0.15) is 31.9 Å². The molecule has 1 unspecified atom stereocenters. The molecule has 0 aliphatic rings. The Hall–Kier alpha value is 0.140. The van der Waals surface area contributed by atoms with Gasteiger partial charge in [-0.15, -0.1) is 0 Å². The van der Waals surface area contributed by atoms with E-state index in [4.69, 9.17) is 5.73 Å². The predicted molar refractivity (Wildman–Crippen MR) is 68.2 cm³/mol. The van der Waals surface area contributed by atoms with E-state index in [1.807, 2.05) is 6.07 Å². The van der Waals surface area contributed by atoms with Gasteiger partial charge >= 0.3 is 0 Å². The molecule has 3 heteroatoms. The van der Waals surface area contributed by atoms with Crippen LogP contribution < -0.4 is 5.73 Å². The van der Waals surface area contributed by atoms with E-state index in [9.17, 15) is 0 Å². The highest BCUT2D eigenvalue weighted by Crippen LogP contribution is 2.26. The highest BCUT2D eigenvalue weighted by molar-refractivity contribution is 9.11. The minimum absolute atomic E-state index is 0.129. The van der Waals surface area contributed by atoms with E-state index < -0.39 is 0 Å². The van der Waals surface area contributed by atoms with Gasteiger partial charge in [0.25, 0.3) is 0 Å². The van der Waals surface area contributed by atoms with E-state index in [1.165, 1.54) is 5.56 Å². The lowest BCUT2D eigenvalue weighted by Crippen LogP contribution is -2.12. The summed E-state index contributed by atoms with van der Waals surface area (Å²) in [5, 5.41) is 0. The average molecular weight is 321 g/mol. The van der Waals surface area contributed by atoms with Gasteiger partial charge in [0.15, 0.2) is 0 Å². The van der Waals surface area contributed by atoms with Crippen LogP contribution in [-0.4, -0.2) is 0 Å². The molecular formula is C11H15Br2N. The van der Waals surface area contributed by atoms with Gasteiger partial charge in [-0.2, -0.15) is 0 Å². The Morgan fingerprint density at radius 3 is 2.07 bits per heavy atom. The minimum atomic E-state index is 0.129. The van der Waals surface area contributed by atoms with E-state index >= 15 is 0 Å². The van der Waals surface area contributed by atoms with Gasteiger partial charge in [-0.25, -0.2) is 0 Å². The smallest absolute Gasteiger partial charge is 0.0298 e. The summed E-state index contributed by atoms with van der Waals surface area (Å²) in [4.78, 5) is 0. The first-order valence-electron chi connectivity index (χ1n) is 4.70. The number of rotatable bonds is 3. The Balaban J connectivity index is 2.84. The Bertz CT molecular complexity index is 290. The molecule has 0 saturated carbocycles. The number of benzene rings is 1. The molecule has 1 atom stereocenters. The molecule has 0 heterocycles. The lowest BCUT2D eigenvalue weighted by Gasteiger charge is -2.15. The second-order valence-corrected chi connectivity index (χ2v) is 5.77. The van der Waals surface area contributed by atoms with Crippen LogP contribution in [0.4, 0.5) is 0 Å². The molecule has 0 aliphatic carbocycles. The van der Waals surface area contributed by atoms with Crippen molar-refractivity contribution >= 4 is 31.9 Å². The van der Waals surface area contributed by atoms with Crippen molar-refractivity contribution < 1.29 is 0 Å². The second kappa shape index (κ2) is 5.29. The maximum absolute atomic E-state index is 6.09. The summed E-state index contributed by atoms with van der Waals surface area (Å²) < 4.78 is 2.14. The molecule has 0 saturated heterocycles. The molecule has 1 aromatic carbocycles. The van der Waals surface area contributed by atoms with Gasteiger partial charge in [-0.1, -0.05) is 45.7 Å². The van der Waals surface area contributed by atoms with Gasteiger partial charge in [0.2, 0.25) is 0 Å². The van der Waals surface area contributed by atoms with Crippen molar-refractivity contribution in [2.75, 3.05) is 0 Å². The zero-order valence-electron chi connectivity index (χ0n) is 8.43. The summed E-state index contributed by atoms with van der Waals surface area (Å²) in [6.07, 6.45) is 1.02. The first kappa shape index (κ1) is 12.2. The summed E-state index contributed by atoms with van der Waals surface area (Å²) in [5.41, 5.74) is 7.27. The molecule has 78 valence electrons. The molecule has 1 rings (SSSR count). The molecule has 0 spiro atoms. The van der Waals surface area contributed by atoms with Gasteiger partial charge in [-0.3, -0.25) is 0 Å². The summed E-state index contributed by atoms with van der Waals surface area (Å²) >= 11 is 6.92. The van der Waals surface area contributed by atoms with Crippen molar-refractivity contribution in [1.29, 1.82) is 0 Å². The molecule has 0 aliphatic heterocycles. The molecule has 1 nitrogen and oxygen atoms in total. The number of halogens is 2. The molecule has 0 amide bonds. The maximum atomic E-state index is 6.09. The first-order chi connectivity index (χ1) is 6.49. The molecule has 0 bridgehead atoms. The molecule has 0 fully saturated rings. The Morgan fingerprint density at radius 2 is 1.64 bits per heavy atom. The largest absolute Gasteiger partial charge is 0.324 e. The second-order valence-electron chi connectivity index (χ2n) is 3.94. The third-order valence-corrected chi connectivity index (χ3v) is 2.95. The highest BCUT2D eigenvalue weighted by atomic mass is 79.9. The van der Waals surface area contributed by atoms with Crippen molar-refractivity contribution in [3.8, 4) is 0 Å². The summed E-state index contributed by atoms with van der Waals surface area (Å²) in [6.45, 7) is 4.37. The number of hydrogen-bond acceptors (Lipinski definition) is 1. The fourth-order valence-electron chi connectivity index (χ4n) is 1.43. The van der Waals surface area contributed by atoms with Crippen LogP contribution in [0.15, 0.2) is 27.1 Å². The van der Waals surface area contributed by atoms with Crippen molar-refractivity contribution in [2.45, 2.75) is 26.3 Å². The average Bonchev–Trinajstić information content (AvgIpc) is 2.00. The van der Waals surface area contributed by atoms with E-state index in [-0.39, 0.29) is 6.04 Å². The van der Waals surface area contributed by atoms with E-state index in [2.05, 4.69) is 57.8 Å². The third-order valence-electron chi connectivity index (χ3n) is 2.04. The lowest BCUT2D eigenvalue weighted by molar-refractivity contribution is 0.510. The molecular weight excluding hydrogens is 306 g/mol. The van der Waals surface area contributed by atoms with E-state index in [0.29, 0.717) is 5.92 Å². The summed E-state index contributed by atoms with van der Waals surface area (Å²) in [7, 11) is 0. The standard InChI is InChI=1S/C11H15Br2N/c1-7(2)3-11(14)8-4-9(12)6-10(13)5-8/h4-7,11H,3,14H2,1-2H3. The van der Waals surface area contributed by atoms with E-state index in [1.54, 1.807) is 0 Å². The van der Waals surface area contributed by atoms with Crippen LogP contribution in [0.3, 0.4) is 0 Å². The van der Waals surface area contributed by atoms with Crippen LogP contribution >= 0.6 is 31.9 Å². The number of nitrogens with two attached hydrogens (primary N) is 1. The number of hydrogen-bond donors (Lipinski definition) is 1. The normalized spacial score (nSPS) is 13.3. The van der Waals surface area contributed by atoms with Crippen LogP contribution in [0.5, 0.6) is 0 Å². The highest BCUT2D eigenvalue weighted by Gasteiger charge is 2.09. The van der Waals surface area contributed by atoms with Crippen LogP contribution in [-0.2, 0) is 0 Å². The van der Waals surface area contributed by atoms with Crippen LogP contribution in [0.25, 0.3) is 0 Å². The summed E-state index contributed by atoms with van der Waals surface area (Å²) in [6, 6.07) is 6.31. The molecule has 2 N–H and O–H groups in total. The molecule has 14 heavy (non-hydrogen) atoms. The van der Waals surface area contributed by atoms with Crippen molar-refractivity contribution in [3.63, 3.8) is 0 Å². The molecule has 0 aromatic heterocycles. The van der Waals surface area contributed by atoms with Gasteiger partial charge in [0.1, 0.15) is 0 Å². The Morgan fingerprint density at radius 1 is 1.14 bits per heavy atom. The quantitative estimate of drug-likeness (QED) is 0.884. The zero-order valence-corrected chi connectivity index (χ0v) is 11.6. The van der Waals surface area contributed by atoms with Gasteiger partial charge in [-0.05, 0) is 36.1 Å². The SMILES string of the molecule is CC(C)CC(N)c1cc(Br)cc(Br)c1. The zero-order chi connectivity index (χ0) is 10.7. The van der Waals surface area contributed by atoms with Crippen molar-refractivity contribution in [1.82, 2.24) is 0 Å². The van der Waals surface area contributed by atoms with Gasteiger partial charge < -0.3 is 5.73 Å². The lowest BCUT2D eigenvalue weighted by atomic mass is 9.98. The Labute approximate surface area is 102 Å². The third kappa shape index (κ3) is 3.71. The van der Waals surface area contributed by atoms with Crippen molar-refractivity contribution in [2.24, 2.45) is 11.7 Å². The van der Waals surface area contributed by atoms with Gasteiger partial charge in [0, 0.05) is 15.0 Å².